The molecule has 8 heteroatoms. The first kappa shape index (κ1) is 14.3. The largest absolute Gasteiger partial charge is 0.480 e. The van der Waals surface area contributed by atoms with E-state index in [1.54, 1.807) is 6.26 Å². The fraction of sp³-hybridized carbons (Fsp3) is 0.778. The third-order valence-electron chi connectivity index (χ3n) is 2.54. The number of sulfone groups is 1. The van der Waals surface area contributed by atoms with Crippen LogP contribution in [0.15, 0.2) is 0 Å². The van der Waals surface area contributed by atoms with Crippen molar-refractivity contribution < 1.29 is 23.1 Å². The van der Waals surface area contributed by atoms with E-state index in [2.05, 4.69) is 0 Å². The highest BCUT2D eigenvalue weighted by Crippen LogP contribution is 2.18. The number of amides is 1. The molecule has 1 aliphatic heterocycles. The minimum atomic E-state index is -3.12. The van der Waals surface area contributed by atoms with Crippen LogP contribution in [-0.4, -0.2) is 66.4 Å². The Balaban J connectivity index is 2.76. The molecule has 1 unspecified atom stereocenters. The number of hydrogen-bond acceptors (Lipinski definition) is 5. The van der Waals surface area contributed by atoms with Crippen LogP contribution in [0, 0.1) is 0 Å². The first-order chi connectivity index (χ1) is 7.85. The van der Waals surface area contributed by atoms with E-state index >= 15 is 0 Å². The van der Waals surface area contributed by atoms with Gasteiger partial charge in [-0.05, 0) is 12.7 Å². The lowest BCUT2D eigenvalue weighted by molar-refractivity contribution is -0.144. The van der Waals surface area contributed by atoms with Crippen LogP contribution in [0.4, 0.5) is 0 Å². The molecular formula is C9H15NO5S2. The van der Waals surface area contributed by atoms with Crippen molar-refractivity contribution in [2.75, 3.05) is 30.1 Å². The van der Waals surface area contributed by atoms with Crippen LogP contribution in [0.1, 0.15) is 6.42 Å². The van der Waals surface area contributed by atoms with Crippen LogP contribution in [0.2, 0.25) is 0 Å². The summed E-state index contributed by atoms with van der Waals surface area (Å²) in [6.45, 7) is -0.431. The summed E-state index contributed by atoms with van der Waals surface area (Å²) in [4.78, 5) is 23.6. The van der Waals surface area contributed by atoms with Gasteiger partial charge in [-0.15, -0.1) is 0 Å². The summed E-state index contributed by atoms with van der Waals surface area (Å²) in [7, 11) is -3.12. The molecule has 1 heterocycles. The molecule has 0 saturated carbocycles. The molecule has 98 valence electrons. The number of aliphatic carboxylic acids is 1. The Morgan fingerprint density at radius 1 is 1.47 bits per heavy atom. The molecule has 1 N–H and O–H groups in total. The molecule has 0 aromatic rings. The molecule has 1 rings (SSSR count). The van der Waals surface area contributed by atoms with Crippen LogP contribution >= 0.6 is 11.8 Å². The van der Waals surface area contributed by atoms with Crippen LogP contribution in [0.5, 0.6) is 0 Å². The average Bonchev–Trinajstić information content (AvgIpc) is 2.55. The second kappa shape index (κ2) is 5.72. The topological polar surface area (TPSA) is 91.8 Å². The lowest BCUT2D eigenvalue weighted by atomic mass is 10.2. The third kappa shape index (κ3) is 4.19. The van der Waals surface area contributed by atoms with Crippen LogP contribution in [-0.2, 0) is 19.4 Å². The molecule has 0 aliphatic carbocycles. The van der Waals surface area contributed by atoms with E-state index in [4.69, 9.17) is 5.11 Å². The number of hydrogen-bond donors (Lipinski definition) is 1. The fourth-order valence-corrected chi connectivity index (χ4v) is 3.94. The molecule has 1 saturated heterocycles. The van der Waals surface area contributed by atoms with E-state index in [9.17, 15) is 18.0 Å². The average molecular weight is 281 g/mol. The zero-order valence-electron chi connectivity index (χ0n) is 9.46. The number of carboxylic acids is 1. The first-order valence-corrected chi connectivity index (χ1v) is 8.28. The third-order valence-corrected chi connectivity index (χ3v) is 4.83. The molecule has 0 aromatic carbocycles. The van der Waals surface area contributed by atoms with E-state index in [0.717, 1.165) is 0 Å². The Bertz CT molecular complexity index is 406. The molecule has 1 amide bonds. The second-order valence-electron chi connectivity index (χ2n) is 3.91. The lowest BCUT2D eigenvalue weighted by Gasteiger charge is -2.26. The fourth-order valence-electron chi connectivity index (χ4n) is 1.79. The summed E-state index contributed by atoms with van der Waals surface area (Å²) in [5.74, 6) is -1.37. The first-order valence-electron chi connectivity index (χ1n) is 5.06. The zero-order valence-corrected chi connectivity index (χ0v) is 11.1. The van der Waals surface area contributed by atoms with Crippen LogP contribution < -0.4 is 0 Å². The van der Waals surface area contributed by atoms with Gasteiger partial charge in [0.2, 0.25) is 5.91 Å². The smallest absolute Gasteiger partial charge is 0.323 e. The SMILES string of the molecule is CSCC(=O)N(CC(=O)O)C1CCS(=O)(=O)C1. The Morgan fingerprint density at radius 3 is 2.53 bits per heavy atom. The zero-order chi connectivity index (χ0) is 13.1. The second-order valence-corrected chi connectivity index (χ2v) is 7.00. The van der Waals surface area contributed by atoms with Crippen molar-refractivity contribution in [2.45, 2.75) is 12.5 Å². The predicted octanol–water partition coefficient (Wildman–Crippen LogP) is -0.550. The summed E-state index contributed by atoms with van der Waals surface area (Å²) < 4.78 is 22.6. The van der Waals surface area contributed by atoms with Gasteiger partial charge in [0.05, 0.1) is 17.3 Å². The maximum Gasteiger partial charge on any atom is 0.323 e. The van der Waals surface area contributed by atoms with Crippen molar-refractivity contribution in [3.8, 4) is 0 Å². The Labute approximate surface area is 104 Å². The minimum Gasteiger partial charge on any atom is -0.480 e. The molecule has 0 spiro atoms. The highest BCUT2D eigenvalue weighted by molar-refractivity contribution is 7.99. The number of rotatable bonds is 5. The maximum atomic E-state index is 11.7. The van der Waals surface area contributed by atoms with Gasteiger partial charge in [-0.2, -0.15) is 11.8 Å². The molecular weight excluding hydrogens is 266 g/mol. The number of carbonyl (C=O) groups excluding carboxylic acids is 1. The molecule has 1 atom stereocenters. The van der Waals surface area contributed by atoms with Gasteiger partial charge in [-0.25, -0.2) is 8.42 Å². The highest BCUT2D eigenvalue weighted by atomic mass is 32.2. The Kier molecular flexibility index (Phi) is 4.81. The quantitative estimate of drug-likeness (QED) is 0.727. The summed E-state index contributed by atoms with van der Waals surface area (Å²) in [5, 5.41) is 8.74. The molecule has 1 aliphatic rings. The van der Waals surface area contributed by atoms with Gasteiger partial charge in [0.25, 0.3) is 0 Å². The molecule has 0 bridgehead atoms. The molecule has 0 aromatic heterocycles. The Hall–Kier alpha value is -0.760. The monoisotopic (exact) mass is 281 g/mol. The van der Waals surface area contributed by atoms with E-state index in [-0.39, 0.29) is 23.2 Å². The summed E-state index contributed by atoms with van der Waals surface area (Å²) >= 11 is 1.29. The lowest BCUT2D eigenvalue weighted by Crippen LogP contribution is -2.45. The highest BCUT2D eigenvalue weighted by Gasteiger charge is 2.35. The van der Waals surface area contributed by atoms with Gasteiger partial charge in [0, 0.05) is 6.04 Å². The van der Waals surface area contributed by atoms with Gasteiger partial charge < -0.3 is 10.0 Å². The predicted molar refractivity (Wildman–Crippen MR) is 64.8 cm³/mol. The van der Waals surface area contributed by atoms with Gasteiger partial charge in [-0.1, -0.05) is 0 Å². The van der Waals surface area contributed by atoms with Gasteiger partial charge in [-0.3, -0.25) is 9.59 Å². The number of thioether (sulfide) groups is 1. The number of carboxylic acid groups (broad SMARTS) is 1. The summed E-state index contributed by atoms with van der Waals surface area (Å²) in [6, 6.07) is -0.490. The standard InChI is InChI=1S/C9H15NO5S2/c1-16-5-8(11)10(4-9(12)13)7-2-3-17(14,15)6-7/h7H,2-6H2,1H3,(H,12,13). The minimum absolute atomic E-state index is 0.0281. The van der Waals surface area contributed by atoms with Gasteiger partial charge in [0.1, 0.15) is 6.54 Å². The van der Waals surface area contributed by atoms with Crippen molar-refractivity contribution >= 4 is 33.5 Å². The van der Waals surface area contributed by atoms with Gasteiger partial charge >= 0.3 is 5.97 Å². The molecule has 6 nitrogen and oxygen atoms in total. The number of carbonyl (C=O) groups is 2. The van der Waals surface area contributed by atoms with E-state index in [1.807, 2.05) is 0 Å². The van der Waals surface area contributed by atoms with Crippen molar-refractivity contribution in [3.05, 3.63) is 0 Å². The normalized spacial score (nSPS) is 22.3. The summed E-state index contributed by atoms with van der Waals surface area (Å²) in [5.41, 5.74) is 0. The molecule has 1 fully saturated rings. The molecule has 0 radical (unpaired) electrons. The van der Waals surface area contributed by atoms with Crippen LogP contribution in [0.3, 0.4) is 0 Å². The van der Waals surface area contributed by atoms with E-state index < -0.39 is 28.4 Å². The van der Waals surface area contributed by atoms with E-state index in [0.29, 0.717) is 6.42 Å². The van der Waals surface area contributed by atoms with Crippen LogP contribution in [0.25, 0.3) is 0 Å². The van der Waals surface area contributed by atoms with Crippen molar-refractivity contribution in [3.63, 3.8) is 0 Å². The maximum absolute atomic E-state index is 11.7. The van der Waals surface area contributed by atoms with Gasteiger partial charge in [0.15, 0.2) is 9.84 Å². The Morgan fingerprint density at radius 2 is 2.12 bits per heavy atom. The van der Waals surface area contributed by atoms with Crippen molar-refractivity contribution in [1.29, 1.82) is 0 Å². The van der Waals surface area contributed by atoms with Crippen molar-refractivity contribution in [1.82, 2.24) is 4.90 Å². The van der Waals surface area contributed by atoms with E-state index in [1.165, 1.54) is 16.7 Å². The molecule has 17 heavy (non-hydrogen) atoms. The van der Waals surface area contributed by atoms with Crippen molar-refractivity contribution in [2.24, 2.45) is 0 Å². The summed E-state index contributed by atoms with van der Waals surface area (Å²) in [6.07, 6.45) is 2.07. The number of nitrogens with zero attached hydrogens (tertiary/aromatic N) is 1.